The molecular formula is C11H11ClFNO4S. The van der Waals surface area contributed by atoms with Crippen LogP contribution < -0.4 is 4.72 Å². The van der Waals surface area contributed by atoms with Crippen molar-refractivity contribution in [3.8, 4) is 0 Å². The Morgan fingerprint density at radius 3 is 2.53 bits per heavy atom. The minimum Gasteiger partial charge on any atom is -0.478 e. The highest BCUT2D eigenvalue weighted by atomic mass is 35.5. The molecule has 0 radical (unpaired) electrons. The second kappa shape index (κ2) is 5.07. The number of benzene rings is 1. The number of hydrogen-bond donors (Lipinski definition) is 2. The van der Waals surface area contributed by atoms with Gasteiger partial charge in [0.15, 0.2) is 5.82 Å². The highest BCUT2D eigenvalue weighted by Crippen LogP contribution is 2.26. The number of halogens is 2. The number of carboxylic acid groups (broad SMARTS) is 1. The Balaban J connectivity index is 2.46. The summed E-state index contributed by atoms with van der Waals surface area (Å²) in [6.07, 6.45) is 2.28. The quantitative estimate of drug-likeness (QED) is 0.891. The van der Waals surface area contributed by atoms with Crippen molar-refractivity contribution in [3.63, 3.8) is 0 Å². The number of carboxylic acids is 1. The molecule has 1 aliphatic rings. The Bertz CT molecular complexity index is 628. The van der Waals surface area contributed by atoms with Gasteiger partial charge in [-0.05, 0) is 25.0 Å². The Hall–Kier alpha value is -1.18. The lowest BCUT2D eigenvalue weighted by Gasteiger charge is -2.26. The first kappa shape index (κ1) is 14.2. The van der Waals surface area contributed by atoms with Crippen LogP contribution in [-0.2, 0) is 10.0 Å². The normalized spacial score (nSPS) is 16.1. The van der Waals surface area contributed by atoms with Crippen molar-refractivity contribution < 1.29 is 22.7 Å². The molecule has 19 heavy (non-hydrogen) atoms. The fourth-order valence-corrected chi connectivity index (χ4v) is 3.44. The smallest absolute Gasteiger partial charge is 0.338 e. The maximum Gasteiger partial charge on any atom is 0.338 e. The molecule has 2 N–H and O–H groups in total. The van der Waals surface area contributed by atoms with E-state index in [1.807, 2.05) is 0 Å². The van der Waals surface area contributed by atoms with Gasteiger partial charge >= 0.3 is 5.97 Å². The molecule has 0 amide bonds. The average molecular weight is 308 g/mol. The predicted molar refractivity (Wildman–Crippen MR) is 66.3 cm³/mol. The van der Waals surface area contributed by atoms with E-state index in [-0.39, 0.29) is 11.1 Å². The van der Waals surface area contributed by atoms with Crippen molar-refractivity contribution in [2.24, 2.45) is 0 Å². The van der Waals surface area contributed by atoms with Gasteiger partial charge < -0.3 is 5.11 Å². The van der Waals surface area contributed by atoms with Crippen LogP contribution in [0.25, 0.3) is 0 Å². The second-order valence-corrected chi connectivity index (χ2v) is 6.44. The van der Waals surface area contributed by atoms with Gasteiger partial charge in [-0.1, -0.05) is 18.0 Å². The minimum atomic E-state index is -4.10. The molecule has 0 saturated heterocycles. The van der Waals surface area contributed by atoms with Crippen LogP contribution in [0, 0.1) is 5.82 Å². The van der Waals surface area contributed by atoms with Crippen molar-refractivity contribution in [1.82, 2.24) is 4.72 Å². The molecule has 1 aliphatic carbocycles. The van der Waals surface area contributed by atoms with Gasteiger partial charge in [-0.15, -0.1) is 0 Å². The van der Waals surface area contributed by atoms with E-state index in [1.54, 1.807) is 0 Å². The SMILES string of the molecule is O=C(O)c1cc(Cl)cc(S(=O)(=O)NC2CCC2)c1F. The van der Waals surface area contributed by atoms with Crippen LogP contribution in [0.1, 0.15) is 29.6 Å². The Morgan fingerprint density at radius 1 is 1.42 bits per heavy atom. The standard InChI is InChI=1S/C11H11ClFNO4S/c12-6-4-8(11(15)16)10(13)9(5-6)19(17,18)14-7-2-1-3-7/h4-5,7,14H,1-3H2,(H,15,16). The summed E-state index contributed by atoms with van der Waals surface area (Å²) in [4.78, 5) is 10.1. The van der Waals surface area contributed by atoms with Crippen LogP contribution in [0.4, 0.5) is 4.39 Å². The summed E-state index contributed by atoms with van der Waals surface area (Å²) < 4.78 is 40.2. The molecule has 1 fully saturated rings. The lowest BCUT2D eigenvalue weighted by Crippen LogP contribution is -2.39. The van der Waals surface area contributed by atoms with Gasteiger partial charge in [-0.2, -0.15) is 0 Å². The highest BCUT2D eigenvalue weighted by molar-refractivity contribution is 7.89. The molecule has 0 atom stereocenters. The van der Waals surface area contributed by atoms with E-state index < -0.39 is 32.3 Å². The Morgan fingerprint density at radius 2 is 2.05 bits per heavy atom. The molecule has 0 bridgehead atoms. The number of sulfonamides is 1. The summed E-state index contributed by atoms with van der Waals surface area (Å²) in [6.45, 7) is 0. The zero-order valence-electron chi connectivity index (χ0n) is 9.69. The van der Waals surface area contributed by atoms with Gasteiger partial charge in [0.2, 0.25) is 10.0 Å². The van der Waals surface area contributed by atoms with Gasteiger partial charge in [0.05, 0.1) is 5.56 Å². The van der Waals surface area contributed by atoms with E-state index in [9.17, 15) is 17.6 Å². The van der Waals surface area contributed by atoms with Gasteiger partial charge in [0.1, 0.15) is 4.90 Å². The molecule has 0 unspecified atom stereocenters. The fraction of sp³-hybridized carbons (Fsp3) is 0.364. The first-order valence-electron chi connectivity index (χ1n) is 5.56. The molecule has 0 aliphatic heterocycles. The fourth-order valence-electron chi connectivity index (χ4n) is 1.72. The third-order valence-corrected chi connectivity index (χ3v) is 4.69. The highest BCUT2D eigenvalue weighted by Gasteiger charge is 2.29. The van der Waals surface area contributed by atoms with E-state index in [1.165, 1.54) is 0 Å². The van der Waals surface area contributed by atoms with Gasteiger partial charge in [0, 0.05) is 11.1 Å². The summed E-state index contributed by atoms with van der Waals surface area (Å²) in [5, 5.41) is 8.66. The van der Waals surface area contributed by atoms with Crippen LogP contribution >= 0.6 is 11.6 Å². The van der Waals surface area contributed by atoms with E-state index in [4.69, 9.17) is 16.7 Å². The third-order valence-electron chi connectivity index (χ3n) is 2.95. The van der Waals surface area contributed by atoms with Gasteiger partial charge in [-0.25, -0.2) is 22.3 Å². The number of hydrogen-bond acceptors (Lipinski definition) is 3. The zero-order valence-corrected chi connectivity index (χ0v) is 11.3. The zero-order chi connectivity index (χ0) is 14.2. The summed E-state index contributed by atoms with van der Waals surface area (Å²) in [7, 11) is -4.10. The van der Waals surface area contributed by atoms with E-state index >= 15 is 0 Å². The monoisotopic (exact) mass is 307 g/mol. The minimum absolute atomic E-state index is 0.146. The first-order valence-corrected chi connectivity index (χ1v) is 7.42. The van der Waals surface area contributed by atoms with Crippen LogP contribution in [0.15, 0.2) is 17.0 Å². The molecule has 8 heteroatoms. The lowest BCUT2D eigenvalue weighted by molar-refractivity contribution is 0.0691. The molecular weight excluding hydrogens is 297 g/mol. The molecule has 2 rings (SSSR count). The molecule has 104 valence electrons. The molecule has 0 aromatic heterocycles. The summed E-state index contributed by atoms with van der Waals surface area (Å²) >= 11 is 5.63. The van der Waals surface area contributed by atoms with Gasteiger partial charge in [0.25, 0.3) is 0 Å². The molecule has 0 spiro atoms. The van der Waals surface area contributed by atoms with Crippen molar-refractivity contribution in [3.05, 3.63) is 28.5 Å². The second-order valence-electron chi connectivity index (χ2n) is 4.32. The maximum atomic E-state index is 13.9. The Kier molecular flexibility index (Phi) is 3.80. The van der Waals surface area contributed by atoms with Crippen LogP contribution in [-0.4, -0.2) is 25.5 Å². The number of aromatic carboxylic acids is 1. The van der Waals surface area contributed by atoms with Crippen molar-refractivity contribution in [2.45, 2.75) is 30.2 Å². The maximum absolute atomic E-state index is 13.9. The average Bonchev–Trinajstić information content (AvgIpc) is 2.26. The van der Waals surface area contributed by atoms with E-state index in [0.29, 0.717) is 12.8 Å². The number of carbonyl (C=O) groups is 1. The molecule has 5 nitrogen and oxygen atoms in total. The molecule has 1 aromatic rings. The molecule has 1 saturated carbocycles. The summed E-state index contributed by atoms with van der Waals surface area (Å²) in [5.41, 5.74) is -0.763. The van der Waals surface area contributed by atoms with Crippen molar-refractivity contribution >= 4 is 27.6 Å². The topological polar surface area (TPSA) is 83.5 Å². The summed E-state index contributed by atoms with van der Waals surface area (Å²) in [6, 6.07) is 1.56. The van der Waals surface area contributed by atoms with Crippen LogP contribution in [0.3, 0.4) is 0 Å². The summed E-state index contributed by atoms with van der Waals surface area (Å²) in [5.74, 6) is -2.87. The number of rotatable bonds is 4. The van der Waals surface area contributed by atoms with Gasteiger partial charge in [-0.3, -0.25) is 0 Å². The largest absolute Gasteiger partial charge is 0.478 e. The van der Waals surface area contributed by atoms with Crippen LogP contribution in [0.2, 0.25) is 5.02 Å². The third kappa shape index (κ3) is 2.88. The van der Waals surface area contributed by atoms with Crippen molar-refractivity contribution in [1.29, 1.82) is 0 Å². The molecule has 1 aromatic carbocycles. The predicted octanol–water partition coefficient (Wildman–Crippen LogP) is 2.01. The van der Waals surface area contributed by atoms with E-state index in [2.05, 4.69) is 4.72 Å². The lowest BCUT2D eigenvalue weighted by atomic mass is 9.94. The first-order chi connectivity index (χ1) is 8.81. The van der Waals surface area contributed by atoms with Crippen molar-refractivity contribution in [2.75, 3.05) is 0 Å². The number of nitrogens with one attached hydrogen (secondary N) is 1. The van der Waals surface area contributed by atoms with E-state index in [0.717, 1.165) is 18.6 Å². The Labute approximate surface area is 114 Å². The molecule has 0 heterocycles. The van der Waals surface area contributed by atoms with Crippen LogP contribution in [0.5, 0.6) is 0 Å².